The highest BCUT2D eigenvalue weighted by Crippen LogP contribution is 2.13. The van der Waals surface area contributed by atoms with Crippen LogP contribution < -0.4 is 10.6 Å². The van der Waals surface area contributed by atoms with E-state index in [1.807, 2.05) is 25.4 Å². The molecule has 2 aromatic rings. The summed E-state index contributed by atoms with van der Waals surface area (Å²) in [5.41, 5.74) is 0.976. The van der Waals surface area contributed by atoms with Crippen molar-refractivity contribution in [1.29, 1.82) is 0 Å². The van der Waals surface area contributed by atoms with Gasteiger partial charge in [0.25, 0.3) is 0 Å². The van der Waals surface area contributed by atoms with E-state index in [9.17, 15) is 0 Å². The van der Waals surface area contributed by atoms with E-state index in [-0.39, 0.29) is 0 Å². The Morgan fingerprint density at radius 2 is 2.17 bits per heavy atom. The van der Waals surface area contributed by atoms with E-state index in [1.165, 1.54) is 0 Å². The van der Waals surface area contributed by atoms with Crippen LogP contribution in [-0.4, -0.2) is 34.3 Å². The second-order valence-electron chi connectivity index (χ2n) is 6.10. The number of hydrogen-bond acceptors (Lipinski definition) is 4. The number of guanidine groups is 1. The Balaban J connectivity index is 1.64. The Bertz CT molecular complexity index is 643. The first kappa shape index (κ1) is 18.0. The number of aliphatic imine (C=N–C) groups is 1. The normalized spacial score (nSPS) is 12.0. The minimum absolute atomic E-state index is 0.374. The SMILES string of the molecule is CN=C(NCCCCn1ccnc1C)NCc1cc(C(C)C)no1. The zero-order valence-corrected chi connectivity index (χ0v) is 15.0. The van der Waals surface area contributed by atoms with Gasteiger partial charge in [-0.1, -0.05) is 19.0 Å². The Morgan fingerprint density at radius 3 is 2.79 bits per heavy atom. The second kappa shape index (κ2) is 9.10. The van der Waals surface area contributed by atoms with Crippen LogP contribution in [0, 0.1) is 6.92 Å². The summed E-state index contributed by atoms with van der Waals surface area (Å²) >= 11 is 0. The number of aromatic nitrogens is 3. The predicted octanol–water partition coefficient (Wildman–Crippen LogP) is 2.45. The molecule has 2 N–H and O–H groups in total. The summed E-state index contributed by atoms with van der Waals surface area (Å²) in [5.74, 6) is 3.03. The summed E-state index contributed by atoms with van der Waals surface area (Å²) in [7, 11) is 1.77. The minimum atomic E-state index is 0.374. The predicted molar refractivity (Wildman–Crippen MR) is 95.0 cm³/mol. The van der Waals surface area contributed by atoms with Crippen molar-refractivity contribution in [2.24, 2.45) is 4.99 Å². The van der Waals surface area contributed by atoms with Gasteiger partial charge in [0, 0.05) is 38.6 Å². The number of imidazole rings is 1. The van der Waals surface area contributed by atoms with E-state index in [0.717, 1.165) is 49.2 Å². The Labute approximate surface area is 143 Å². The first-order valence-electron chi connectivity index (χ1n) is 8.48. The van der Waals surface area contributed by atoms with E-state index in [4.69, 9.17) is 4.52 Å². The lowest BCUT2D eigenvalue weighted by Crippen LogP contribution is -2.37. The van der Waals surface area contributed by atoms with Crippen LogP contribution in [0.25, 0.3) is 0 Å². The third kappa shape index (κ3) is 5.40. The van der Waals surface area contributed by atoms with Crippen LogP contribution in [0.3, 0.4) is 0 Å². The van der Waals surface area contributed by atoms with E-state index in [2.05, 4.69) is 44.2 Å². The maximum Gasteiger partial charge on any atom is 0.191 e. The summed E-state index contributed by atoms with van der Waals surface area (Å²) in [4.78, 5) is 8.45. The van der Waals surface area contributed by atoms with Gasteiger partial charge in [0.15, 0.2) is 11.7 Å². The molecule has 0 spiro atoms. The highest BCUT2D eigenvalue weighted by atomic mass is 16.5. The lowest BCUT2D eigenvalue weighted by molar-refractivity contribution is 0.372. The van der Waals surface area contributed by atoms with Crippen molar-refractivity contribution in [3.05, 3.63) is 35.7 Å². The fourth-order valence-electron chi connectivity index (χ4n) is 2.33. The van der Waals surface area contributed by atoms with Crippen LogP contribution in [0.5, 0.6) is 0 Å². The van der Waals surface area contributed by atoms with Gasteiger partial charge in [-0.3, -0.25) is 4.99 Å². The molecule has 0 aliphatic rings. The van der Waals surface area contributed by atoms with Crippen molar-refractivity contribution in [1.82, 2.24) is 25.3 Å². The molecule has 0 saturated carbocycles. The minimum Gasteiger partial charge on any atom is -0.359 e. The first-order valence-corrected chi connectivity index (χ1v) is 8.48. The summed E-state index contributed by atoms with van der Waals surface area (Å²) in [6, 6.07) is 1.98. The number of rotatable bonds is 8. The van der Waals surface area contributed by atoms with Crippen LogP contribution in [0.2, 0.25) is 0 Å². The van der Waals surface area contributed by atoms with Crippen LogP contribution in [0.15, 0.2) is 28.0 Å². The van der Waals surface area contributed by atoms with Crippen molar-refractivity contribution < 1.29 is 4.52 Å². The Hall–Kier alpha value is -2.31. The molecule has 0 atom stereocenters. The standard InChI is InChI=1S/C17H28N6O/c1-13(2)16-11-15(24-22-16)12-21-17(18-4)20-7-5-6-9-23-10-8-19-14(23)3/h8,10-11,13H,5-7,9,12H2,1-4H3,(H2,18,20,21). The molecule has 0 amide bonds. The van der Waals surface area contributed by atoms with Crippen LogP contribution in [0.1, 0.15) is 49.9 Å². The molecule has 24 heavy (non-hydrogen) atoms. The third-order valence-corrected chi connectivity index (χ3v) is 3.86. The molecule has 0 aliphatic heterocycles. The first-order chi connectivity index (χ1) is 11.6. The number of hydrogen-bond donors (Lipinski definition) is 2. The van der Waals surface area contributed by atoms with Gasteiger partial charge < -0.3 is 19.7 Å². The molecule has 0 unspecified atom stereocenters. The summed E-state index contributed by atoms with van der Waals surface area (Å²) in [6.07, 6.45) is 6.03. The molecule has 0 radical (unpaired) electrons. The van der Waals surface area contributed by atoms with Gasteiger partial charge in [-0.15, -0.1) is 0 Å². The molecule has 7 nitrogen and oxygen atoms in total. The molecular weight excluding hydrogens is 304 g/mol. The molecule has 7 heteroatoms. The third-order valence-electron chi connectivity index (χ3n) is 3.86. The average molecular weight is 332 g/mol. The van der Waals surface area contributed by atoms with Crippen molar-refractivity contribution in [3.63, 3.8) is 0 Å². The van der Waals surface area contributed by atoms with Crippen molar-refractivity contribution >= 4 is 5.96 Å². The van der Waals surface area contributed by atoms with E-state index in [1.54, 1.807) is 7.05 Å². The number of nitrogens with one attached hydrogen (secondary N) is 2. The average Bonchev–Trinajstić information content (AvgIpc) is 3.19. The lowest BCUT2D eigenvalue weighted by Gasteiger charge is -2.11. The highest BCUT2D eigenvalue weighted by Gasteiger charge is 2.08. The quantitative estimate of drug-likeness (QED) is 0.441. The second-order valence-corrected chi connectivity index (χ2v) is 6.10. The fourth-order valence-corrected chi connectivity index (χ4v) is 2.33. The summed E-state index contributed by atoms with van der Waals surface area (Å²) in [5, 5.41) is 10.6. The van der Waals surface area contributed by atoms with Gasteiger partial charge in [-0.05, 0) is 25.7 Å². The van der Waals surface area contributed by atoms with Crippen molar-refractivity contribution in [3.8, 4) is 0 Å². The topological polar surface area (TPSA) is 80.3 Å². The monoisotopic (exact) mass is 332 g/mol. The van der Waals surface area contributed by atoms with Gasteiger partial charge in [0.05, 0.1) is 12.2 Å². The van der Waals surface area contributed by atoms with Gasteiger partial charge in [0.2, 0.25) is 0 Å². The van der Waals surface area contributed by atoms with Crippen molar-refractivity contribution in [2.75, 3.05) is 13.6 Å². The zero-order valence-electron chi connectivity index (χ0n) is 15.0. The van der Waals surface area contributed by atoms with Crippen LogP contribution in [0.4, 0.5) is 0 Å². The summed E-state index contributed by atoms with van der Waals surface area (Å²) < 4.78 is 7.48. The molecule has 2 aromatic heterocycles. The maximum absolute atomic E-state index is 5.31. The van der Waals surface area contributed by atoms with Gasteiger partial charge in [0.1, 0.15) is 5.82 Å². The molecule has 0 aromatic carbocycles. The highest BCUT2D eigenvalue weighted by molar-refractivity contribution is 5.79. The molecule has 0 aliphatic carbocycles. The molecule has 132 valence electrons. The molecule has 0 bridgehead atoms. The zero-order chi connectivity index (χ0) is 17.4. The summed E-state index contributed by atoms with van der Waals surface area (Å²) in [6.45, 7) is 8.67. The lowest BCUT2D eigenvalue weighted by atomic mass is 10.1. The van der Waals surface area contributed by atoms with E-state index in [0.29, 0.717) is 12.5 Å². The van der Waals surface area contributed by atoms with Gasteiger partial charge >= 0.3 is 0 Å². The van der Waals surface area contributed by atoms with E-state index >= 15 is 0 Å². The maximum atomic E-state index is 5.31. The molecule has 2 heterocycles. The van der Waals surface area contributed by atoms with Crippen LogP contribution >= 0.6 is 0 Å². The Morgan fingerprint density at radius 1 is 1.33 bits per heavy atom. The smallest absolute Gasteiger partial charge is 0.191 e. The fraction of sp³-hybridized carbons (Fsp3) is 0.588. The number of nitrogens with zero attached hydrogens (tertiary/aromatic N) is 4. The van der Waals surface area contributed by atoms with Gasteiger partial charge in [-0.25, -0.2) is 4.98 Å². The van der Waals surface area contributed by atoms with Gasteiger partial charge in [-0.2, -0.15) is 0 Å². The Kier molecular flexibility index (Phi) is 6.84. The van der Waals surface area contributed by atoms with Crippen molar-refractivity contribution in [2.45, 2.75) is 52.6 Å². The molecule has 0 fully saturated rings. The largest absolute Gasteiger partial charge is 0.359 e. The molecule has 0 saturated heterocycles. The molecular formula is C17H28N6O. The van der Waals surface area contributed by atoms with Crippen LogP contribution in [-0.2, 0) is 13.1 Å². The number of aryl methyl sites for hydroxylation is 2. The number of unbranched alkanes of at least 4 members (excludes halogenated alkanes) is 1. The molecule has 2 rings (SSSR count). The van der Waals surface area contributed by atoms with E-state index < -0.39 is 0 Å².